The molecule has 0 atom stereocenters. The predicted octanol–water partition coefficient (Wildman–Crippen LogP) is 3.44. The fourth-order valence-corrected chi connectivity index (χ4v) is 2.20. The van der Waals surface area contributed by atoms with Gasteiger partial charge in [-0.25, -0.2) is 0 Å². The molecule has 0 unspecified atom stereocenters. The Balaban J connectivity index is 2.21. The zero-order chi connectivity index (χ0) is 17.5. The van der Waals surface area contributed by atoms with Gasteiger partial charge in [-0.3, -0.25) is 14.9 Å². The first-order valence-electron chi connectivity index (χ1n) is 7.70. The lowest BCUT2D eigenvalue weighted by Gasteiger charge is -2.09. The van der Waals surface area contributed by atoms with Gasteiger partial charge in [-0.1, -0.05) is 48.0 Å². The molecular formula is C20H21NO3. The number of amides is 2. The summed E-state index contributed by atoms with van der Waals surface area (Å²) >= 11 is 0. The molecule has 4 nitrogen and oxygen atoms in total. The first-order valence-corrected chi connectivity index (χ1v) is 7.70. The van der Waals surface area contributed by atoms with Crippen molar-refractivity contribution in [3.05, 3.63) is 76.5 Å². The maximum absolute atomic E-state index is 12.1. The van der Waals surface area contributed by atoms with Crippen molar-refractivity contribution >= 4 is 17.9 Å². The third kappa shape index (κ3) is 4.56. The van der Waals surface area contributed by atoms with Crippen molar-refractivity contribution in [2.24, 2.45) is 0 Å². The fraction of sp³-hybridized carbons (Fsp3) is 0.200. The molecular weight excluding hydrogens is 302 g/mol. The molecule has 0 fully saturated rings. The second kappa shape index (κ2) is 8.11. The minimum Gasteiger partial charge on any atom is -0.496 e. The van der Waals surface area contributed by atoms with Gasteiger partial charge in [0.2, 0.25) is 6.41 Å². The topological polar surface area (TPSA) is 55.4 Å². The summed E-state index contributed by atoms with van der Waals surface area (Å²) in [7, 11) is 0. The Morgan fingerprint density at radius 1 is 1.04 bits per heavy atom. The molecule has 1 N–H and O–H groups in total. The number of ether oxygens (including phenoxy) is 1. The number of imide groups is 1. The molecule has 2 rings (SSSR count). The van der Waals surface area contributed by atoms with Gasteiger partial charge in [-0.2, -0.15) is 0 Å². The zero-order valence-electron chi connectivity index (χ0n) is 14.1. The Morgan fingerprint density at radius 3 is 2.38 bits per heavy atom. The monoisotopic (exact) mass is 323 g/mol. The van der Waals surface area contributed by atoms with Crippen LogP contribution in [0, 0.1) is 20.8 Å². The van der Waals surface area contributed by atoms with Gasteiger partial charge in [0.15, 0.2) is 0 Å². The quantitative estimate of drug-likeness (QED) is 0.503. The molecule has 24 heavy (non-hydrogen) atoms. The van der Waals surface area contributed by atoms with Crippen molar-refractivity contribution in [1.82, 2.24) is 5.32 Å². The normalized spacial score (nSPS) is 11.0. The molecule has 0 saturated carbocycles. The first-order chi connectivity index (χ1) is 11.5. The van der Waals surface area contributed by atoms with Gasteiger partial charge < -0.3 is 4.74 Å². The summed E-state index contributed by atoms with van der Waals surface area (Å²) in [6, 6.07) is 13.6. The van der Waals surface area contributed by atoms with Crippen LogP contribution in [-0.2, 0) is 20.9 Å². The van der Waals surface area contributed by atoms with Crippen LogP contribution in [0.15, 0.2) is 48.7 Å². The standard InChI is InChI=1S/C20H21NO3/c1-14-4-7-17(8-5-14)11-24-12-19(20(23)21-13-22)18-9-6-15(2)16(3)10-18/h4-10,12-13H,11H2,1-3H3,(H,21,22,23)/b19-12-. The summed E-state index contributed by atoms with van der Waals surface area (Å²) in [6.45, 7) is 6.35. The first kappa shape index (κ1) is 17.5. The second-order valence-corrected chi connectivity index (χ2v) is 5.72. The van der Waals surface area contributed by atoms with E-state index in [2.05, 4.69) is 5.32 Å². The van der Waals surface area contributed by atoms with Crippen LogP contribution in [0.25, 0.3) is 5.57 Å². The molecule has 2 aromatic rings. The molecule has 0 bridgehead atoms. The molecule has 0 aromatic heterocycles. The van der Waals surface area contributed by atoms with Crippen molar-refractivity contribution in [2.75, 3.05) is 0 Å². The van der Waals surface area contributed by atoms with Crippen molar-refractivity contribution in [3.8, 4) is 0 Å². The smallest absolute Gasteiger partial charge is 0.261 e. The van der Waals surface area contributed by atoms with Crippen LogP contribution >= 0.6 is 0 Å². The number of rotatable bonds is 6. The van der Waals surface area contributed by atoms with Gasteiger partial charge >= 0.3 is 0 Å². The SMILES string of the molecule is Cc1ccc(CO/C=C(\C(=O)NC=O)c2ccc(C)c(C)c2)cc1. The van der Waals surface area contributed by atoms with Gasteiger partial charge in [0.05, 0.1) is 11.8 Å². The third-order valence-corrected chi connectivity index (χ3v) is 3.82. The summed E-state index contributed by atoms with van der Waals surface area (Å²) in [4.78, 5) is 22.7. The van der Waals surface area contributed by atoms with E-state index < -0.39 is 5.91 Å². The molecule has 0 aliphatic rings. The maximum atomic E-state index is 12.1. The lowest BCUT2D eigenvalue weighted by molar-refractivity contribution is -0.121. The highest BCUT2D eigenvalue weighted by atomic mass is 16.5. The number of carbonyl (C=O) groups excluding carboxylic acids is 2. The summed E-state index contributed by atoms with van der Waals surface area (Å²) in [6.07, 6.45) is 1.78. The van der Waals surface area contributed by atoms with Crippen molar-refractivity contribution in [3.63, 3.8) is 0 Å². The lowest BCUT2D eigenvalue weighted by Crippen LogP contribution is -2.22. The average molecular weight is 323 g/mol. The van der Waals surface area contributed by atoms with E-state index in [-0.39, 0.29) is 0 Å². The third-order valence-electron chi connectivity index (χ3n) is 3.82. The van der Waals surface area contributed by atoms with Crippen LogP contribution in [0.4, 0.5) is 0 Å². The molecule has 0 radical (unpaired) electrons. The van der Waals surface area contributed by atoms with E-state index in [0.717, 1.165) is 16.7 Å². The van der Waals surface area contributed by atoms with E-state index in [9.17, 15) is 9.59 Å². The fourth-order valence-electron chi connectivity index (χ4n) is 2.20. The maximum Gasteiger partial charge on any atom is 0.261 e. The van der Waals surface area contributed by atoms with Crippen molar-refractivity contribution in [2.45, 2.75) is 27.4 Å². The number of hydrogen-bond donors (Lipinski definition) is 1. The van der Waals surface area contributed by atoms with E-state index in [1.54, 1.807) is 0 Å². The molecule has 0 saturated heterocycles. The lowest BCUT2D eigenvalue weighted by atomic mass is 10.0. The van der Waals surface area contributed by atoms with Crippen molar-refractivity contribution in [1.29, 1.82) is 0 Å². The summed E-state index contributed by atoms with van der Waals surface area (Å²) in [5.41, 5.74) is 5.41. The largest absolute Gasteiger partial charge is 0.496 e. The number of carbonyl (C=O) groups is 2. The van der Waals surface area contributed by atoms with E-state index in [1.165, 1.54) is 11.8 Å². The van der Waals surface area contributed by atoms with Gasteiger partial charge in [0.25, 0.3) is 5.91 Å². The van der Waals surface area contributed by atoms with Crippen LogP contribution < -0.4 is 5.32 Å². The van der Waals surface area contributed by atoms with Crippen LogP contribution in [0.1, 0.15) is 27.8 Å². The molecule has 0 aliphatic carbocycles. The minimum atomic E-state index is -0.489. The Hall–Kier alpha value is -2.88. The van der Waals surface area contributed by atoms with E-state index in [4.69, 9.17) is 4.74 Å². The van der Waals surface area contributed by atoms with Gasteiger partial charge in [0.1, 0.15) is 6.61 Å². The highest BCUT2D eigenvalue weighted by molar-refractivity contribution is 6.21. The highest BCUT2D eigenvalue weighted by Crippen LogP contribution is 2.19. The van der Waals surface area contributed by atoms with Gasteiger partial charge in [-0.15, -0.1) is 0 Å². The van der Waals surface area contributed by atoms with Crippen LogP contribution in [0.2, 0.25) is 0 Å². The highest BCUT2D eigenvalue weighted by Gasteiger charge is 2.13. The van der Waals surface area contributed by atoms with Crippen LogP contribution in [-0.4, -0.2) is 12.3 Å². The molecule has 4 heteroatoms. The minimum absolute atomic E-state index is 0.317. The summed E-state index contributed by atoms with van der Waals surface area (Å²) < 4.78 is 5.57. The molecule has 124 valence electrons. The molecule has 0 heterocycles. The Bertz CT molecular complexity index is 761. The van der Waals surface area contributed by atoms with E-state index >= 15 is 0 Å². The number of aryl methyl sites for hydroxylation is 3. The van der Waals surface area contributed by atoms with Crippen molar-refractivity contribution < 1.29 is 14.3 Å². The number of hydrogen-bond acceptors (Lipinski definition) is 3. The predicted molar refractivity (Wildman–Crippen MR) is 94.1 cm³/mol. The number of benzene rings is 2. The van der Waals surface area contributed by atoms with Crippen LogP contribution in [0.3, 0.4) is 0 Å². The molecule has 0 spiro atoms. The Kier molecular flexibility index (Phi) is 5.90. The Labute approximate surface area is 142 Å². The van der Waals surface area contributed by atoms with E-state index in [1.807, 2.05) is 63.2 Å². The summed E-state index contributed by atoms with van der Waals surface area (Å²) in [5.74, 6) is -0.489. The average Bonchev–Trinajstić information content (AvgIpc) is 2.56. The van der Waals surface area contributed by atoms with E-state index in [0.29, 0.717) is 24.2 Å². The Morgan fingerprint density at radius 2 is 1.75 bits per heavy atom. The van der Waals surface area contributed by atoms with Crippen LogP contribution in [0.5, 0.6) is 0 Å². The molecule has 2 amide bonds. The second-order valence-electron chi connectivity index (χ2n) is 5.72. The van der Waals surface area contributed by atoms with Gasteiger partial charge in [0, 0.05) is 0 Å². The summed E-state index contributed by atoms with van der Waals surface area (Å²) in [5, 5.41) is 2.17. The molecule has 0 aliphatic heterocycles. The van der Waals surface area contributed by atoms with Gasteiger partial charge in [-0.05, 0) is 43.0 Å². The molecule has 2 aromatic carbocycles. The number of nitrogens with one attached hydrogen (secondary N) is 1. The zero-order valence-corrected chi connectivity index (χ0v) is 14.1.